The van der Waals surface area contributed by atoms with Crippen molar-refractivity contribution in [2.75, 3.05) is 4.90 Å². The normalized spacial score (nSPS) is 13.2. The standard InChI is InChI=1S/C20H12N6O4/c1-24-18-16(17(23-24)11-4-3-7-21-9-11)15-14(10-22-18)19(27)25(20(15)28)12-5-2-6-13(8-12)26(29)30/h2-10H,1H3. The van der Waals surface area contributed by atoms with Crippen LogP contribution in [0, 0.1) is 10.1 Å². The number of nitrogens with zero attached hydrogens (tertiary/aromatic N) is 6. The van der Waals surface area contributed by atoms with E-state index in [1.165, 1.54) is 35.1 Å². The molecule has 0 saturated carbocycles. The summed E-state index contributed by atoms with van der Waals surface area (Å²) in [6, 6.07) is 8.93. The van der Waals surface area contributed by atoms with Crippen molar-refractivity contribution in [1.82, 2.24) is 19.7 Å². The van der Waals surface area contributed by atoms with Crippen LogP contribution in [0.4, 0.5) is 11.4 Å². The molecule has 0 fully saturated rings. The highest BCUT2D eigenvalue weighted by Gasteiger charge is 2.40. The van der Waals surface area contributed by atoms with E-state index in [1.54, 1.807) is 31.6 Å². The van der Waals surface area contributed by atoms with E-state index in [4.69, 9.17) is 0 Å². The highest BCUT2D eigenvalue weighted by molar-refractivity contribution is 6.38. The van der Waals surface area contributed by atoms with Gasteiger partial charge in [0.2, 0.25) is 0 Å². The van der Waals surface area contributed by atoms with Crippen LogP contribution < -0.4 is 4.90 Å². The Kier molecular flexibility index (Phi) is 3.68. The zero-order valence-electron chi connectivity index (χ0n) is 15.5. The molecular formula is C20H12N6O4. The molecule has 3 aromatic heterocycles. The lowest BCUT2D eigenvalue weighted by molar-refractivity contribution is -0.384. The van der Waals surface area contributed by atoms with Crippen molar-refractivity contribution in [3.8, 4) is 11.3 Å². The number of hydrogen-bond acceptors (Lipinski definition) is 7. The summed E-state index contributed by atoms with van der Waals surface area (Å²) in [7, 11) is 1.70. The molecule has 0 N–H and O–H groups in total. The van der Waals surface area contributed by atoms with E-state index in [9.17, 15) is 19.7 Å². The van der Waals surface area contributed by atoms with Crippen LogP contribution in [0.5, 0.6) is 0 Å². The minimum absolute atomic E-state index is 0.121. The van der Waals surface area contributed by atoms with Crippen LogP contribution in [0.3, 0.4) is 0 Å². The molecule has 0 unspecified atom stereocenters. The number of pyridine rings is 2. The van der Waals surface area contributed by atoms with Gasteiger partial charge < -0.3 is 0 Å². The second kappa shape index (κ2) is 6.27. The van der Waals surface area contributed by atoms with Gasteiger partial charge in [-0.05, 0) is 18.2 Å². The van der Waals surface area contributed by atoms with Gasteiger partial charge in [-0.1, -0.05) is 6.07 Å². The highest BCUT2D eigenvalue weighted by Crippen LogP contribution is 2.37. The van der Waals surface area contributed by atoms with Gasteiger partial charge in [-0.25, -0.2) is 14.6 Å². The first-order valence-corrected chi connectivity index (χ1v) is 8.86. The van der Waals surface area contributed by atoms with Crippen LogP contribution in [0.25, 0.3) is 22.3 Å². The summed E-state index contributed by atoms with van der Waals surface area (Å²) in [6.07, 6.45) is 4.57. The molecule has 0 saturated heterocycles. The molecular weight excluding hydrogens is 388 g/mol. The van der Waals surface area contributed by atoms with Gasteiger partial charge in [0.1, 0.15) is 5.69 Å². The lowest BCUT2D eigenvalue weighted by atomic mass is 10.0. The predicted octanol–water partition coefficient (Wildman–Crippen LogP) is 2.74. The average molecular weight is 400 g/mol. The number of amides is 2. The molecule has 30 heavy (non-hydrogen) atoms. The van der Waals surface area contributed by atoms with Crippen molar-refractivity contribution in [3.05, 3.63) is 76.2 Å². The Bertz CT molecular complexity index is 1380. The number of carbonyl (C=O) groups excluding carboxylic acids is 2. The number of non-ortho nitro benzene ring substituents is 1. The maximum atomic E-state index is 13.4. The molecule has 1 aromatic carbocycles. The van der Waals surface area contributed by atoms with E-state index >= 15 is 0 Å². The van der Waals surface area contributed by atoms with Gasteiger partial charge in [0, 0.05) is 43.3 Å². The van der Waals surface area contributed by atoms with E-state index in [0.29, 0.717) is 22.3 Å². The Morgan fingerprint density at radius 2 is 1.90 bits per heavy atom. The molecule has 0 aliphatic carbocycles. The topological polar surface area (TPSA) is 124 Å². The van der Waals surface area contributed by atoms with Crippen LogP contribution in [0.2, 0.25) is 0 Å². The number of carbonyl (C=O) groups is 2. The summed E-state index contributed by atoms with van der Waals surface area (Å²) in [5.41, 5.74) is 1.79. The first kappa shape index (κ1) is 17.6. The molecule has 0 atom stereocenters. The molecule has 10 heteroatoms. The average Bonchev–Trinajstić information content (AvgIpc) is 3.23. The van der Waals surface area contributed by atoms with Gasteiger partial charge in [0.15, 0.2) is 5.65 Å². The number of nitro benzene ring substituents is 1. The Morgan fingerprint density at radius 3 is 2.63 bits per heavy atom. The lowest BCUT2D eigenvalue weighted by Crippen LogP contribution is -2.29. The number of imide groups is 1. The molecule has 1 aliphatic heterocycles. The fourth-order valence-electron chi connectivity index (χ4n) is 3.61. The number of benzene rings is 1. The molecule has 0 spiro atoms. The number of rotatable bonds is 3. The third kappa shape index (κ3) is 2.40. The maximum Gasteiger partial charge on any atom is 0.271 e. The minimum Gasteiger partial charge on any atom is -0.268 e. The molecule has 4 heterocycles. The van der Waals surface area contributed by atoms with E-state index < -0.39 is 16.7 Å². The number of nitro groups is 1. The molecule has 0 radical (unpaired) electrons. The molecule has 0 bridgehead atoms. The number of fused-ring (bicyclic) bond motifs is 3. The van der Waals surface area contributed by atoms with Gasteiger partial charge in [-0.15, -0.1) is 0 Å². The van der Waals surface area contributed by atoms with E-state index in [1.807, 2.05) is 0 Å². The second-order valence-electron chi connectivity index (χ2n) is 6.68. The summed E-state index contributed by atoms with van der Waals surface area (Å²) in [5, 5.41) is 16.0. The number of aromatic nitrogens is 4. The summed E-state index contributed by atoms with van der Waals surface area (Å²) >= 11 is 0. The minimum atomic E-state index is -0.592. The van der Waals surface area contributed by atoms with Crippen molar-refractivity contribution < 1.29 is 14.5 Å². The summed E-state index contributed by atoms with van der Waals surface area (Å²) in [6.45, 7) is 0. The van der Waals surface area contributed by atoms with E-state index in [0.717, 1.165) is 4.90 Å². The van der Waals surface area contributed by atoms with Crippen LogP contribution in [0.15, 0.2) is 55.0 Å². The summed E-state index contributed by atoms with van der Waals surface area (Å²) in [4.78, 5) is 46.3. The van der Waals surface area contributed by atoms with Gasteiger partial charge in [0.05, 0.1) is 27.1 Å². The van der Waals surface area contributed by atoms with Gasteiger partial charge >= 0.3 is 0 Å². The molecule has 2 amide bonds. The Morgan fingerprint density at radius 1 is 1.07 bits per heavy atom. The molecule has 10 nitrogen and oxygen atoms in total. The number of hydrogen-bond donors (Lipinski definition) is 0. The molecule has 5 rings (SSSR count). The third-order valence-electron chi connectivity index (χ3n) is 4.94. The number of aryl methyl sites for hydroxylation is 1. The molecule has 146 valence electrons. The highest BCUT2D eigenvalue weighted by atomic mass is 16.6. The SMILES string of the molecule is Cn1nc(-c2cccnc2)c2c3c(cnc21)C(=O)N(c1cccc([N+](=O)[O-])c1)C3=O. The fourth-order valence-corrected chi connectivity index (χ4v) is 3.61. The quantitative estimate of drug-likeness (QED) is 0.294. The Hall–Kier alpha value is -4.47. The maximum absolute atomic E-state index is 13.4. The second-order valence-corrected chi connectivity index (χ2v) is 6.68. The first-order valence-electron chi connectivity index (χ1n) is 8.86. The zero-order valence-corrected chi connectivity index (χ0v) is 15.5. The largest absolute Gasteiger partial charge is 0.271 e. The lowest BCUT2D eigenvalue weighted by Gasteiger charge is -2.13. The van der Waals surface area contributed by atoms with Crippen molar-refractivity contribution in [2.24, 2.45) is 7.05 Å². The van der Waals surface area contributed by atoms with Crippen LogP contribution in [-0.4, -0.2) is 36.5 Å². The number of anilines is 1. The predicted molar refractivity (Wildman–Crippen MR) is 106 cm³/mol. The monoisotopic (exact) mass is 400 g/mol. The molecule has 4 aromatic rings. The Balaban J connectivity index is 1.74. The van der Waals surface area contributed by atoms with Crippen molar-refractivity contribution in [1.29, 1.82) is 0 Å². The van der Waals surface area contributed by atoms with Crippen molar-refractivity contribution >= 4 is 34.2 Å². The van der Waals surface area contributed by atoms with Crippen LogP contribution >= 0.6 is 0 Å². The van der Waals surface area contributed by atoms with Gasteiger partial charge in [-0.2, -0.15) is 5.10 Å². The summed E-state index contributed by atoms with van der Waals surface area (Å²) in [5.74, 6) is -1.17. The van der Waals surface area contributed by atoms with Crippen molar-refractivity contribution in [2.45, 2.75) is 0 Å². The fraction of sp³-hybridized carbons (Fsp3) is 0.0500. The smallest absolute Gasteiger partial charge is 0.268 e. The Labute approximate surface area is 168 Å². The third-order valence-corrected chi connectivity index (χ3v) is 4.94. The van der Waals surface area contributed by atoms with Crippen molar-refractivity contribution in [3.63, 3.8) is 0 Å². The van der Waals surface area contributed by atoms with Crippen LogP contribution in [0.1, 0.15) is 20.7 Å². The zero-order chi connectivity index (χ0) is 21.0. The molecule has 1 aliphatic rings. The summed E-state index contributed by atoms with van der Waals surface area (Å²) < 4.78 is 1.53. The van der Waals surface area contributed by atoms with Gasteiger partial charge in [-0.3, -0.25) is 24.7 Å². The van der Waals surface area contributed by atoms with E-state index in [2.05, 4.69) is 15.1 Å². The van der Waals surface area contributed by atoms with E-state index in [-0.39, 0.29) is 22.5 Å². The van der Waals surface area contributed by atoms with Crippen LogP contribution in [-0.2, 0) is 7.05 Å². The first-order chi connectivity index (χ1) is 14.5. The van der Waals surface area contributed by atoms with Gasteiger partial charge in [0.25, 0.3) is 17.5 Å².